The molecule has 2 N–H and O–H groups in total. The summed E-state index contributed by atoms with van der Waals surface area (Å²) < 4.78 is 5.35. The van der Waals surface area contributed by atoms with E-state index in [1.165, 1.54) is 6.42 Å². The third-order valence-electron chi connectivity index (χ3n) is 3.50. The maximum Gasteiger partial charge on any atom is 0.113 e. The van der Waals surface area contributed by atoms with Gasteiger partial charge in [-0.2, -0.15) is 11.8 Å². The lowest BCUT2D eigenvalue weighted by Crippen LogP contribution is -2.49. The summed E-state index contributed by atoms with van der Waals surface area (Å²) in [5, 5.41) is 13.8. The molecule has 1 aromatic rings. The SMILES string of the molecule is CC(C)NC1(CO)CCC(SCc2ccco2)C1. The Morgan fingerprint density at radius 3 is 3.06 bits per heavy atom. The van der Waals surface area contributed by atoms with Crippen molar-refractivity contribution in [3.63, 3.8) is 0 Å². The van der Waals surface area contributed by atoms with Gasteiger partial charge in [-0.1, -0.05) is 13.8 Å². The molecule has 18 heavy (non-hydrogen) atoms. The van der Waals surface area contributed by atoms with E-state index in [-0.39, 0.29) is 12.1 Å². The second-order valence-electron chi connectivity index (χ2n) is 5.49. The fraction of sp³-hybridized carbons (Fsp3) is 0.714. The molecule has 0 saturated heterocycles. The number of furan rings is 1. The Balaban J connectivity index is 1.83. The van der Waals surface area contributed by atoms with E-state index in [2.05, 4.69) is 19.2 Å². The summed E-state index contributed by atoms with van der Waals surface area (Å²) in [6.07, 6.45) is 5.01. The van der Waals surface area contributed by atoms with Gasteiger partial charge in [-0.05, 0) is 31.4 Å². The van der Waals surface area contributed by atoms with Gasteiger partial charge in [-0.25, -0.2) is 0 Å². The van der Waals surface area contributed by atoms with Gasteiger partial charge in [-0.3, -0.25) is 0 Å². The number of hydrogen-bond donors (Lipinski definition) is 2. The van der Waals surface area contributed by atoms with Crippen LogP contribution in [0, 0.1) is 0 Å². The van der Waals surface area contributed by atoms with E-state index in [0.717, 1.165) is 24.4 Å². The Hall–Kier alpha value is -0.450. The molecule has 0 aliphatic heterocycles. The first-order chi connectivity index (χ1) is 8.63. The Morgan fingerprint density at radius 1 is 1.61 bits per heavy atom. The van der Waals surface area contributed by atoms with Crippen molar-refractivity contribution in [2.75, 3.05) is 6.61 Å². The van der Waals surface area contributed by atoms with Crippen LogP contribution in [0.15, 0.2) is 22.8 Å². The minimum atomic E-state index is -0.0605. The number of aliphatic hydroxyl groups excluding tert-OH is 1. The van der Waals surface area contributed by atoms with Crippen molar-refractivity contribution < 1.29 is 9.52 Å². The minimum Gasteiger partial charge on any atom is -0.468 e. The Morgan fingerprint density at radius 2 is 2.44 bits per heavy atom. The zero-order chi connectivity index (χ0) is 13.0. The predicted octanol–water partition coefficient (Wildman–Crippen LogP) is 2.79. The van der Waals surface area contributed by atoms with Crippen LogP contribution in [0.25, 0.3) is 0 Å². The molecule has 0 bridgehead atoms. The molecule has 2 unspecified atom stereocenters. The summed E-state index contributed by atoms with van der Waals surface area (Å²) >= 11 is 1.94. The minimum absolute atomic E-state index is 0.0605. The van der Waals surface area contributed by atoms with Gasteiger partial charge in [-0.15, -0.1) is 0 Å². The molecule has 1 saturated carbocycles. The van der Waals surface area contributed by atoms with Crippen LogP contribution in [-0.4, -0.2) is 28.5 Å². The maximum atomic E-state index is 9.65. The number of hydrogen-bond acceptors (Lipinski definition) is 4. The molecule has 0 amide bonds. The molecule has 1 aliphatic rings. The molecule has 3 nitrogen and oxygen atoms in total. The molecule has 0 radical (unpaired) electrons. The fourth-order valence-electron chi connectivity index (χ4n) is 2.75. The van der Waals surface area contributed by atoms with E-state index in [0.29, 0.717) is 11.3 Å². The largest absolute Gasteiger partial charge is 0.468 e. The topological polar surface area (TPSA) is 45.4 Å². The lowest BCUT2D eigenvalue weighted by atomic mass is 9.98. The maximum absolute atomic E-state index is 9.65. The monoisotopic (exact) mass is 269 g/mol. The van der Waals surface area contributed by atoms with E-state index in [9.17, 15) is 5.11 Å². The molecule has 4 heteroatoms. The number of thioether (sulfide) groups is 1. The van der Waals surface area contributed by atoms with Crippen LogP contribution in [0.1, 0.15) is 38.9 Å². The molecule has 0 aromatic carbocycles. The second kappa shape index (κ2) is 6.13. The molecule has 2 rings (SSSR count). The Bertz CT molecular complexity index is 353. The average molecular weight is 269 g/mol. The second-order valence-corrected chi connectivity index (χ2v) is 6.78. The summed E-state index contributed by atoms with van der Waals surface area (Å²) in [5.41, 5.74) is -0.0605. The number of rotatable bonds is 6. The van der Waals surface area contributed by atoms with Crippen molar-refractivity contribution in [3.8, 4) is 0 Å². The van der Waals surface area contributed by atoms with Crippen LogP contribution >= 0.6 is 11.8 Å². The summed E-state index contributed by atoms with van der Waals surface area (Å²) in [6.45, 7) is 4.52. The van der Waals surface area contributed by atoms with Gasteiger partial charge >= 0.3 is 0 Å². The Kier molecular flexibility index (Phi) is 4.76. The summed E-state index contributed by atoms with van der Waals surface area (Å²) in [6, 6.07) is 4.38. The van der Waals surface area contributed by atoms with Crippen molar-refractivity contribution in [2.45, 2.75) is 55.7 Å². The third-order valence-corrected chi connectivity index (χ3v) is 4.83. The first kappa shape index (κ1) is 14.0. The van der Waals surface area contributed by atoms with Gasteiger partial charge in [0.1, 0.15) is 5.76 Å². The van der Waals surface area contributed by atoms with Gasteiger partial charge in [0.15, 0.2) is 0 Å². The number of nitrogens with one attached hydrogen (secondary N) is 1. The summed E-state index contributed by atoms with van der Waals surface area (Å²) in [5.74, 6) is 1.97. The number of aliphatic hydroxyl groups is 1. The molecule has 102 valence electrons. The zero-order valence-corrected chi connectivity index (χ0v) is 12.0. The lowest BCUT2D eigenvalue weighted by Gasteiger charge is -2.31. The van der Waals surface area contributed by atoms with Crippen molar-refractivity contribution in [1.29, 1.82) is 0 Å². The van der Waals surface area contributed by atoms with Gasteiger partial charge < -0.3 is 14.8 Å². The van der Waals surface area contributed by atoms with Crippen molar-refractivity contribution in [3.05, 3.63) is 24.2 Å². The predicted molar refractivity (Wildman–Crippen MR) is 75.7 cm³/mol. The molecule has 0 spiro atoms. The molecule has 2 atom stereocenters. The van der Waals surface area contributed by atoms with Crippen LogP contribution in [0.2, 0.25) is 0 Å². The lowest BCUT2D eigenvalue weighted by molar-refractivity contribution is 0.156. The van der Waals surface area contributed by atoms with E-state index >= 15 is 0 Å². The first-order valence-electron chi connectivity index (χ1n) is 6.66. The highest BCUT2D eigenvalue weighted by atomic mass is 32.2. The van der Waals surface area contributed by atoms with E-state index in [4.69, 9.17) is 4.42 Å². The van der Waals surface area contributed by atoms with Crippen LogP contribution < -0.4 is 5.32 Å². The van der Waals surface area contributed by atoms with Crippen LogP contribution in [-0.2, 0) is 5.75 Å². The highest BCUT2D eigenvalue weighted by Crippen LogP contribution is 2.38. The average Bonchev–Trinajstić information content (AvgIpc) is 2.95. The fourth-order valence-corrected chi connectivity index (χ4v) is 4.03. The van der Waals surface area contributed by atoms with Gasteiger partial charge in [0.25, 0.3) is 0 Å². The normalized spacial score (nSPS) is 28.1. The van der Waals surface area contributed by atoms with Crippen LogP contribution in [0.3, 0.4) is 0 Å². The standard InChI is InChI=1S/C14H23NO2S/c1-11(2)15-14(10-16)6-5-13(8-14)18-9-12-4-3-7-17-12/h3-4,7,11,13,15-16H,5-6,8-10H2,1-2H3. The van der Waals surface area contributed by atoms with Gasteiger partial charge in [0.05, 0.1) is 18.6 Å². The van der Waals surface area contributed by atoms with Gasteiger partial charge in [0.2, 0.25) is 0 Å². The van der Waals surface area contributed by atoms with Crippen LogP contribution in [0.5, 0.6) is 0 Å². The molecule has 1 aromatic heterocycles. The molecular weight excluding hydrogens is 246 g/mol. The highest BCUT2D eigenvalue weighted by Gasteiger charge is 2.38. The molecular formula is C14H23NO2S. The quantitative estimate of drug-likeness (QED) is 0.833. The molecule has 1 heterocycles. The first-order valence-corrected chi connectivity index (χ1v) is 7.71. The van der Waals surface area contributed by atoms with Gasteiger partial charge in [0, 0.05) is 16.8 Å². The van der Waals surface area contributed by atoms with E-state index < -0.39 is 0 Å². The smallest absolute Gasteiger partial charge is 0.113 e. The zero-order valence-electron chi connectivity index (χ0n) is 11.2. The summed E-state index contributed by atoms with van der Waals surface area (Å²) in [7, 11) is 0. The Labute approximate surface area is 113 Å². The summed E-state index contributed by atoms with van der Waals surface area (Å²) in [4.78, 5) is 0. The van der Waals surface area contributed by atoms with E-state index in [1.54, 1.807) is 6.26 Å². The van der Waals surface area contributed by atoms with Crippen LogP contribution in [0.4, 0.5) is 0 Å². The third kappa shape index (κ3) is 3.53. The van der Waals surface area contributed by atoms with Crippen molar-refractivity contribution >= 4 is 11.8 Å². The molecule has 1 fully saturated rings. The van der Waals surface area contributed by atoms with E-state index in [1.807, 2.05) is 23.9 Å². The van der Waals surface area contributed by atoms with Crippen molar-refractivity contribution in [1.82, 2.24) is 5.32 Å². The molecule has 1 aliphatic carbocycles. The highest BCUT2D eigenvalue weighted by molar-refractivity contribution is 7.99. The van der Waals surface area contributed by atoms with Crippen molar-refractivity contribution in [2.24, 2.45) is 0 Å².